The Labute approximate surface area is 511 Å². The second-order valence-electron chi connectivity index (χ2n) is 25.9. The predicted molar refractivity (Wildman–Crippen MR) is 358 cm³/mol. The predicted octanol–water partition coefficient (Wildman–Crippen LogP) is 22.4. The summed E-state index contributed by atoms with van der Waals surface area (Å²) in [6, 6.07) is -0.910. The monoisotopic (exact) mass is 1170 g/mol. The fraction of sp³-hybridized carbons (Fsp3) is 0.877. The molecule has 0 saturated carbocycles. The number of likely N-dealkylation sites (N-methyl/N-ethyl adjacent to an activating group) is 1. The summed E-state index contributed by atoms with van der Waals surface area (Å²) in [7, 11) is 1.25. The Morgan fingerprint density at radius 3 is 0.988 bits per heavy atom. The first-order chi connectivity index (χ1) is 40.0. The van der Waals surface area contributed by atoms with Gasteiger partial charge in [-0.1, -0.05) is 332 Å². The lowest BCUT2D eigenvalue weighted by atomic mass is 10.0. The van der Waals surface area contributed by atoms with Gasteiger partial charge in [0.05, 0.1) is 39.9 Å². The molecule has 3 atom stereocenters. The van der Waals surface area contributed by atoms with E-state index in [-0.39, 0.29) is 12.5 Å². The summed E-state index contributed by atoms with van der Waals surface area (Å²) >= 11 is 0. The fourth-order valence-corrected chi connectivity index (χ4v) is 11.6. The van der Waals surface area contributed by atoms with Crippen LogP contribution in [-0.2, 0) is 18.4 Å². The second-order valence-corrected chi connectivity index (χ2v) is 27.3. The number of nitrogens with one attached hydrogen (secondary N) is 1. The van der Waals surface area contributed by atoms with Gasteiger partial charge in [-0.05, 0) is 70.6 Å². The zero-order valence-electron chi connectivity index (χ0n) is 55.5. The maximum Gasteiger partial charge on any atom is 0.268 e. The molecule has 0 aromatic heterocycles. The standard InChI is InChI=1S/C73H141N2O6P/c1-6-8-10-12-14-16-18-20-22-24-26-28-29-30-31-32-33-34-35-36-37-38-39-40-41-42-43-44-45-47-49-51-53-55-57-59-61-63-65-67-73(77)74-71(70-81-82(78,79)80-69-68-75(3,4)5)72(76)66-64-62-60-58-56-54-52-50-48-46-27-25-23-21-19-17-15-13-11-9-7-2/h24,26,48,50,56,58,64,66,71-72,76H,6-23,25,27-47,49,51-55,57,59-63,65,67-70H2,1-5H3,(H-,74,77,78,79)/b26-24-,50-48+,58-56+,66-64+. The van der Waals surface area contributed by atoms with Crippen LogP contribution in [0, 0.1) is 0 Å². The number of phosphoric ester groups is 1. The van der Waals surface area contributed by atoms with Gasteiger partial charge in [-0.2, -0.15) is 0 Å². The molecule has 0 radical (unpaired) electrons. The molecule has 3 unspecified atom stereocenters. The topological polar surface area (TPSA) is 108 Å². The maximum absolute atomic E-state index is 13.0. The number of carbonyl (C=O) groups excluding carboxylic acids is 1. The van der Waals surface area contributed by atoms with Gasteiger partial charge >= 0.3 is 0 Å². The van der Waals surface area contributed by atoms with E-state index in [9.17, 15) is 19.4 Å². The first kappa shape index (κ1) is 80.5. The van der Waals surface area contributed by atoms with Gasteiger partial charge in [0.1, 0.15) is 13.2 Å². The van der Waals surface area contributed by atoms with Crippen molar-refractivity contribution in [2.75, 3.05) is 40.9 Å². The van der Waals surface area contributed by atoms with Crippen LogP contribution < -0.4 is 10.2 Å². The van der Waals surface area contributed by atoms with Gasteiger partial charge in [-0.15, -0.1) is 0 Å². The Balaban J connectivity index is 3.96. The summed E-state index contributed by atoms with van der Waals surface area (Å²) in [5.41, 5.74) is 0. The first-order valence-electron chi connectivity index (χ1n) is 36.0. The van der Waals surface area contributed by atoms with Gasteiger partial charge in [0.25, 0.3) is 7.82 Å². The Morgan fingerprint density at radius 2 is 0.683 bits per heavy atom. The highest BCUT2D eigenvalue weighted by molar-refractivity contribution is 7.45. The number of quaternary nitrogens is 1. The number of allylic oxidation sites excluding steroid dienone is 7. The smallest absolute Gasteiger partial charge is 0.268 e. The molecule has 0 aromatic carbocycles. The summed E-state index contributed by atoms with van der Waals surface area (Å²) in [6.45, 7) is 4.66. The third-order valence-corrected chi connectivity index (χ3v) is 17.5. The van der Waals surface area contributed by atoms with E-state index in [2.05, 4.69) is 55.6 Å². The largest absolute Gasteiger partial charge is 0.756 e. The fourth-order valence-electron chi connectivity index (χ4n) is 10.9. The molecule has 1 amide bonds. The normalized spacial score (nSPS) is 13.9. The number of amides is 1. The Morgan fingerprint density at radius 1 is 0.415 bits per heavy atom. The molecule has 0 fully saturated rings. The molecule has 0 aliphatic rings. The van der Waals surface area contributed by atoms with Gasteiger partial charge in [-0.3, -0.25) is 9.36 Å². The number of phosphoric acid groups is 1. The van der Waals surface area contributed by atoms with Gasteiger partial charge in [-0.25, -0.2) is 0 Å². The summed E-state index contributed by atoms with van der Waals surface area (Å²) < 4.78 is 23.4. The van der Waals surface area contributed by atoms with E-state index in [1.54, 1.807) is 6.08 Å². The molecule has 0 aliphatic heterocycles. The molecule has 0 aliphatic carbocycles. The van der Waals surface area contributed by atoms with Crippen molar-refractivity contribution in [2.24, 2.45) is 0 Å². The lowest BCUT2D eigenvalue weighted by Crippen LogP contribution is -2.45. The molecular formula is C73H141N2O6P. The van der Waals surface area contributed by atoms with Crippen molar-refractivity contribution in [3.05, 3.63) is 48.6 Å². The quantitative estimate of drug-likeness (QED) is 0.0272. The van der Waals surface area contributed by atoms with E-state index >= 15 is 0 Å². The summed E-state index contributed by atoms with van der Waals surface area (Å²) in [6.07, 6.45) is 86.9. The van der Waals surface area contributed by atoms with Crippen LogP contribution in [-0.4, -0.2) is 68.5 Å². The number of rotatable bonds is 67. The number of aliphatic hydroxyl groups is 1. The van der Waals surface area contributed by atoms with E-state index in [1.807, 2.05) is 27.2 Å². The number of aliphatic hydroxyl groups excluding tert-OH is 1. The van der Waals surface area contributed by atoms with Crippen LogP contribution in [0.2, 0.25) is 0 Å². The third kappa shape index (κ3) is 66.0. The molecule has 8 nitrogen and oxygen atoms in total. The van der Waals surface area contributed by atoms with Crippen LogP contribution >= 0.6 is 7.82 Å². The number of carbonyl (C=O) groups is 1. The zero-order valence-corrected chi connectivity index (χ0v) is 56.4. The second kappa shape index (κ2) is 63.9. The average Bonchev–Trinajstić information content (AvgIpc) is 3.46. The number of hydrogen-bond acceptors (Lipinski definition) is 6. The van der Waals surface area contributed by atoms with Crippen LogP contribution in [0.15, 0.2) is 48.6 Å². The van der Waals surface area contributed by atoms with Gasteiger partial charge in [0.2, 0.25) is 5.91 Å². The third-order valence-electron chi connectivity index (χ3n) is 16.5. The maximum atomic E-state index is 13.0. The van der Waals surface area contributed by atoms with Crippen molar-refractivity contribution in [3.63, 3.8) is 0 Å². The highest BCUT2D eigenvalue weighted by Crippen LogP contribution is 2.38. The molecule has 0 bridgehead atoms. The van der Waals surface area contributed by atoms with Crippen molar-refractivity contribution in [1.29, 1.82) is 0 Å². The Kier molecular flexibility index (Phi) is 62.7. The van der Waals surface area contributed by atoms with E-state index in [4.69, 9.17) is 9.05 Å². The van der Waals surface area contributed by atoms with Gasteiger partial charge < -0.3 is 28.8 Å². The Hall–Kier alpha value is -1.54. The molecule has 9 heteroatoms. The van der Waals surface area contributed by atoms with Crippen LogP contribution in [0.4, 0.5) is 0 Å². The highest BCUT2D eigenvalue weighted by atomic mass is 31.2. The molecule has 82 heavy (non-hydrogen) atoms. The minimum absolute atomic E-state index is 0.00782. The summed E-state index contributed by atoms with van der Waals surface area (Å²) in [5.74, 6) is -0.205. The van der Waals surface area contributed by atoms with Gasteiger partial charge in [0.15, 0.2) is 0 Å². The number of nitrogens with zero attached hydrogens (tertiary/aromatic N) is 1. The minimum atomic E-state index is -4.61. The van der Waals surface area contributed by atoms with Crippen molar-refractivity contribution in [2.45, 2.75) is 373 Å². The SMILES string of the molecule is CCCCCCCCCC/C=C\CCCCCCCCCCCCCCCCCCCCCCCCCCCCCC(=O)NC(COP(=O)([O-])OCC[N+](C)(C)C)C(O)/C=C/CC/C=C/CC/C=C/CCCCCCCCCCCCC. The van der Waals surface area contributed by atoms with Crippen LogP contribution in [0.3, 0.4) is 0 Å². The summed E-state index contributed by atoms with van der Waals surface area (Å²) in [4.78, 5) is 25.6. The molecule has 0 aromatic rings. The van der Waals surface area contributed by atoms with Crippen molar-refractivity contribution >= 4 is 13.7 Å². The molecule has 0 saturated heterocycles. The van der Waals surface area contributed by atoms with E-state index in [1.165, 1.54) is 295 Å². The van der Waals surface area contributed by atoms with E-state index in [0.717, 1.165) is 44.9 Å². The van der Waals surface area contributed by atoms with Crippen LogP contribution in [0.5, 0.6) is 0 Å². The van der Waals surface area contributed by atoms with Crippen LogP contribution in [0.1, 0.15) is 361 Å². The lowest BCUT2D eigenvalue weighted by Gasteiger charge is -2.29. The van der Waals surface area contributed by atoms with Crippen molar-refractivity contribution < 1.29 is 32.9 Å². The summed E-state index contributed by atoms with van der Waals surface area (Å²) in [5, 5.41) is 13.9. The lowest BCUT2D eigenvalue weighted by molar-refractivity contribution is -0.870. The van der Waals surface area contributed by atoms with E-state index < -0.39 is 26.6 Å². The highest BCUT2D eigenvalue weighted by Gasteiger charge is 2.23. The van der Waals surface area contributed by atoms with Crippen molar-refractivity contribution in [3.8, 4) is 0 Å². The van der Waals surface area contributed by atoms with Crippen molar-refractivity contribution in [1.82, 2.24) is 5.32 Å². The first-order valence-corrected chi connectivity index (χ1v) is 37.5. The molecule has 0 rings (SSSR count). The molecule has 0 heterocycles. The minimum Gasteiger partial charge on any atom is -0.756 e. The molecule has 2 N–H and O–H groups in total. The average molecular weight is 1170 g/mol. The van der Waals surface area contributed by atoms with Gasteiger partial charge in [0, 0.05) is 6.42 Å². The molecule has 0 spiro atoms. The Bertz CT molecular complexity index is 1480. The number of unbranched alkanes of at least 4 members (excludes halogenated alkanes) is 48. The van der Waals surface area contributed by atoms with E-state index in [0.29, 0.717) is 17.4 Å². The molecular weight excluding hydrogens is 1030 g/mol. The molecule has 484 valence electrons. The zero-order chi connectivity index (χ0) is 59.8. The number of hydrogen-bond donors (Lipinski definition) is 2. The van der Waals surface area contributed by atoms with Crippen LogP contribution in [0.25, 0.3) is 0 Å².